The van der Waals surface area contributed by atoms with E-state index in [0.29, 0.717) is 24.5 Å². The van der Waals surface area contributed by atoms with Crippen LogP contribution in [0.1, 0.15) is 109 Å². The van der Waals surface area contributed by atoms with Crippen LogP contribution in [0.25, 0.3) is 10.8 Å². The Morgan fingerprint density at radius 2 is 1.46 bits per heavy atom. The average molecular weight is 808 g/mol. The maximum absolute atomic E-state index is 14.3. The lowest BCUT2D eigenvalue weighted by Gasteiger charge is -2.30. The Hall–Kier alpha value is -4.22. The summed E-state index contributed by atoms with van der Waals surface area (Å²) < 4.78 is 30.6. The zero-order valence-corrected chi connectivity index (χ0v) is 35.0. The minimum atomic E-state index is -2.81. The highest BCUT2D eigenvalue weighted by Crippen LogP contribution is 2.37. The molecule has 2 aliphatic rings. The summed E-state index contributed by atoms with van der Waals surface area (Å²) in [5.74, 6) is -1.47. The Morgan fingerprint density at radius 3 is 2.11 bits per heavy atom. The Kier molecular flexibility index (Phi) is 16.6. The van der Waals surface area contributed by atoms with E-state index in [1.165, 1.54) is 19.9 Å². The van der Waals surface area contributed by atoms with Crippen LogP contribution >= 0.6 is 8.03 Å². The Morgan fingerprint density at radius 1 is 0.825 bits per heavy atom. The van der Waals surface area contributed by atoms with Crippen molar-refractivity contribution in [2.75, 3.05) is 13.3 Å². The molecular formula is C43H62N5O8P. The quantitative estimate of drug-likeness (QED) is 0.0580. The number of nitrogens with one attached hydrogen (secondary N) is 4. The molecule has 312 valence electrons. The van der Waals surface area contributed by atoms with Crippen molar-refractivity contribution in [3.63, 3.8) is 0 Å². The van der Waals surface area contributed by atoms with Gasteiger partial charge >= 0.3 is 12.1 Å². The molecule has 57 heavy (non-hydrogen) atoms. The van der Waals surface area contributed by atoms with Gasteiger partial charge in [-0.3, -0.25) is 18.9 Å². The minimum Gasteiger partial charge on any atom is -0.469 e. The first kappa shape index (κ1) is 43.9. The van der Waals surface area contributed by atoms with E-state index in [9.17, 15) is 23.7 Å². The number of methoxy groups -OCH3 is 1. The minimum absolute atomic E-state index is 0.0322. The fraction of sp³-hybridized carbons (Fsp3) is 0.605. The number of carbonyl (C=O) groups is 4. The van der Waals surface area contributed by atoms with Crippen molar-refractivity contribution in [3.05, 3.63) is 66.2 Å². The molecule has 0 radical (unpaired) electrons. The van der Waals surface area contributed by atoms with Gasteiger partial charge in [0.25, 0.3) is 0 Å². The number of ether oxygens (including phenoxy) is 2. The second-order valence-electron chi connectivity index (χ2n) is 16.8. The number of esters is 1. The van der Waals surface area contributed by atoms with Crippen molar-refractivity contribution in [1.29, 1.82) is 0 Å². The second kappa shape index (κ2) is 21.5. The van der Waals surface area contributed by atoms with Crippen LogP contribution in [0.4, 0.5) is 4.79 Å². The average Bonchev–Trinajstić information content (AvgIpc) is 3.70. The molecule has 13 nitrogen and oxygen atoms in total. The molecule has 0 spiro atoms. The van der Waals surface area contributed by atoms with E-state index in [-0.39, 0.29) is 24.9 Å². The van der Waals surface area contributed by atoms with E-state index in [1.54, 1.807) is 27.0 Å². The number of aromatic amines is 1. The maximum atomic E-state index is 14.3. The van der Waals surface area contributed by atoms with E-state index in [1.807, 2.05) is 42.5 Å². The van der Waals surface area contributed by atoms with E-state index < -0.39 is 61.7 Å². The van der Waals surface area contributed by atoms with Gasteiger partial charge in [0, 0.05) is 25.2 Å². The lowest BCUT2D eigenvalue weighted by Crippen LogP contribution is -2.56. The van der Waals surface area contributed by atoms with Gasteiger partial charge in [-0.25, -0.2) is 9.78 Å². The van der Waals surface area contributed by atoms with Gasteiger partial charge < -0.3 is 34.9 Å². The third-order valence-electron chi connectivity index (χ3n) is 11.1. The number of nitrogens with zero attached hydrogens (tertiary/aromatic N) is 1. The van der Waals surface area contributed by atoms with Crippen LogP contribution < -0.4 is 16.0 Å². The summed E-state index contributed by atoms with van der Waals surface area (Å²) in [5.41, 5.74) is 0.551. The molecule has 2 aliphatic carbocycles. The molecule has 3 aromatic rings. The standard InChI is InChI=1S/C43H62N5O8P/c1-43(2,3)55-42(52)47-36(24-32-20-13-19-31-18-11-12-21-35(31)32)39(49)46-37(25-34-26-44-28-45-34)40(50)48-38(23-30-16-9-6-10-17-30)56-57(53)27-33(41(51)54-4)22-29-14-7-5-8-15-29/h11-13,18-21,26,28-30,33,36-38,57H,5-10,14-17,22-25,27H2,1-4H3,(H,44,45)(H,46,49)(H,47,52)(H,48,50)/t33?,36?,37-,38?/m0/s1. The topological polar surface area (TPSA) is 178 Å². The first-order valence-electron chi connectivity index (χ1n) is 20.7. The molecule has 1 aromatic heterocycles. The molecule has 0 bridgehead atoms. The summed E-state index contributed by atoms with van der Waals surface area (Å²) in [4.78, 5) is 61.8. The number of carbonyl (C=O) groups excluding carboxylic acids is 4. The maximum Gasteiger partial charge on any atom is 0.408 e. The number of aromatic nitrogens is 2. The molecule has 2 saturated carbocycles. The van der Waals surface area contributed by atoms with E-state index in [0.717, 1.165) is 74.1 Å². The summed E-state index contributed by atoms with van der Waals surface area (Å²) in [6.45, 7) is 5.22. The van der Waals surface area contributed by atoms with Gasteiger partial charge in [0.2, 0.25) is 11.8 Å². The third kappa shape index (κ3) is 14.3. The molecule has 5 rings (SSSR count). The first-order chi connectivity index (χ1) is 27.4. The molecular weight excluding hydrogens is 745 g/mol. The molecule has 2 fully saturated rings. The van der Waals surface area contributed by atoms with E-state index in [4.69, 9.17) is 14.0 Å². The zero-order valence-electron chi connectivity index (χ0n) is 34.0. The van der Waals surface area contributed by atoms with Crippen LogP contribution in [0, 0.1) is 17.8 Å². The molecule has 2 aromatic carbocycles. The summed E-state index contributed by atoms with van der Waals surface area (Å²) >= 11 is 0. The fourth-order valence-electron chi connectivity index (χ4n) is 8.23. The molecule has 4 unspecified atom stereocenters. The molecule has 1 heterocycles. The number of rotatable bonds is 18. The molecule has 0 aliphatic heterocycles. The van der Waals surface area contributed by atoms with Crippen LogP contribution in [0.2, 0.25) is 0 Å². The van der Waals surface area contributed by atoms with Crippen molar-refractivity contribution in [2.24, 2.45) is 17.8 Å². The monoisotopic (exact) mass is 807 g/mol. The van der Waals surface area contributed by atoms with Gasteiger partial charge in [0.15, 0.2) is 8.03 Å². The predicted octanol–water partition coefficient (Wildman–Crippen LogP) is 7.39. The van der Waals surface area contributed by atoms with Crippen molar-refractivity contribution >= 4 is 42.7 Å². The summed E-state index contributed by atoms with van der Waals surface area (Å²) in [6, 6.07) is 11.3. The van der Waals surface area contributed by atoms with Crippen LogP contribution in [-0.4, -0.2) is 71.0 Å². The van der Waals surface area contributed by atoms with Gasteiger partial charge in [-0.1, -0.05) is 107 Å². The number of benzene rings is 2. The number of amides is 3. The Balaban J connectivity index is 1.35. The van der Waals surface area contributed by atoms with Crippen molar-refractivity contribution in [2.45, 2.75) is 135 Å². The molecule has 3 amide bonds. The highest BCUT2D eigenvalue weighted by Gasteiger charge is 2.33. The third-order valence-corrected chi connectivity index (χ3v) is 12.4. The van der Waals surface area contributed by atoms with Gasteiger partial charge in [0.1, 0.15) is 23.9 Å². The predicted molar refractivity (Wildman–Crippen MR) is 220 cm³/mol. The second-order valence-corrected chi connectivity index (χ2v) is 18.1. The SMILES string of the molecule is COC(=O)C(CC1CCCCC1)C[PH](=O)OC(CC1CCCCC1)NC(=O)[C@H](Cc1c[nH]cn1)NC(=O)C(Cc1cccc2ccccc12)NC(=O)OC(C)(C)C. The van der Waals surface area contributed by atoms with Crippen LogP contribution in [-0.2, 0) is 45.8 Å². The lowest BCUT2D eigenvalue weighted by molar-refractivity contribution is -0.145. The normalized spacial score (nSPS) is 18.1. The van der Waals surface area contributed by atoms with Crippen molar-refractivity contribution in [1.82, 2.24) is 25.9 Å². The molecule has 4 N–H and O–H groups in total. The zero-order chi connectivity index (χ0) is 40.8. The van der Waals surface area contributed by atoms with E-state index >= 15 is 0 Å². The summed E-state index contributed by atoms with van der Waals surface area (Å²) in [7, 11) is -1.46. The van der Waals surface area contributed by atoms with Crippen LogP contribution in [0.15, 0.2) is 55.0 Å². The van der Waals surface area contributed by atoms with Crippen LogP contribution in [0.3, 0.4) is 0 Å². The Labute approximate surface area is 337 Å². The largest absolute Gasteiger partial charge is 0.469 e. The highest BCUT2D eigenvalue weighted by atomic mass is 31.1. The van der Waals surface area contributed by atoms with Gasteiger partial charge in [0.05, 0.1) is 25.0 Å². The molecule has 5 atom stereocenters. The highest BCUT2D eigenvalue weighted by molar-refractivity contribution is 7.39. The van der Waals surface area contributed by atoms with Crippen molar-refractivity contribution < 1.29 is 37.7 Å². The van der Waals surface area contributed by atoms with Gasteiger partial charge in [-0.05, 0) is 61.8 Å². The molecule has 14 heteroatoms. The number of hydrogen-bond acceptors (Lipinski definition) is 9. The van der Waals surface area contributed by atoms with Crippen molar-refractivity contribution in [3.8, 4) is 0 Å². The smallest absolute Gasteiger partial charge is 0.408 e. The number of fused-ring (bicyclic) bond motifs is 1. The number of alkyl carbamates (subject to hydrolysis) is 1. The lowest BCUT2D eigenvalue weighted by atomic mass is 9.83. The van der Waals surface area contributed by atoms with Gasteiger partial charge in [-0.15, -0.1) is 0 Å². The fourth-order valence-corrected chi connectivity index (χ4v) is 9.53. The summed E-state index contributed by atoms with van der Waals surface area (Å²) in [5, 5.41) is 10.5. The van der Waals surface area contributed by atoms with Gasteiger partial charge in [-0.2, -0.15) is 0 Å². The number of hydrogen-bond donors (Lipinski definition) is 4. The summed E-state index contributed by atoms with van der Waals surface area (Å²) in [6.07, 6.45) is 13.4. The first-order valence-corrected chi connectivity index (χ1v) is 22.2. The van der Waals surface area contributed by atoms with E-state index in [2.05, 4.69) is 25.9 Å². The molecule has 0 saturated heterocycles. The van der Waals surface area contributed by atoms with Crippen LogP contribution in [0.5, 0.6) is 0 Å². The number of imidazole rings is 1. The Bertz CT molecular complexity index is 1780. The number of H-pyrrole nitrogens is 1.